The van der Waals surface area contributed by atoms with Crippen molar-refractivity contribution in [2.45, 2.75) is 0 Å². The van der Waals surface area contributed by atoms with E-state index >= 15 is 0 Å². The van der Waals surface area contributed by atoms with Crippen LogP contribution in [0.3, 0.4) is 0 Å². The summed E-state index contributed by atoms with van der Waals surface area (Å²) in [6.07, 6.45) is 10.5. The first-order valence-electron chi connectivity index (χ1n) is 10.6. The van der Waals surface area contributed by atoms with Gasteiger partial charge < -0.3 is 15.2 Å². The Morgan fingerprint density at radius 2 is 0.914 bits per heavy atom. The third-order valence-corrected chi connectivity index (χ3v) is 4.47. The van der Waals surface area contributed by atoms with Gasteiger partial charge in [-0.25, -0.2) is 0 Å². The third kappa shape index (κ3) is 7.91. The first-order valence-corrected chi connectivity index (χ1v) is 10.6. The van der Waals surface area contributed by atoms with E-state index in [9.17, 15) is 0 Å². The molecular formula is C27H21N7Ru. The second kappa shape index (κ2) is 14.1. The number of rotatable bonds is 3. The standard InChI is InChI=1S/C10H8N2.C9H7N2.C8H6N3.Ru/c1-3-7-11-9(5-1)10-6-2-4-8-12-10;1-2-6-10-8(4-1)9-5-3-7-11-9;1-2-5-9-7(3-1)8-4-6-10-11-8;/h1-8H;1-7H;1-6H;/q;2*-1;+2. The second-order valence-electron chi connectivity index (χ2n) is 6.80. The van der Waals surface area contributed by atoms with Crippen LogP contribution in [0.15, 0.2) is 128 Å². The molecular weight excluding hydrogens is 523 g/mol. The van der Waals surface area contributed by atoms with E-state index in [1.54, 1.807) is 37.2 Å². The van der Waals surface area contributed by atoms with E-state index in [-0.39, 0.29) is 19.5 Å². The Kier molecular flexibility index (Phi) is 10.2. The molecule has 0 aliphatic carbocycles. The minimum atomic E-state index is 0. The van der Waals surface area contributed by atoms with Crippen LogP contribution >= 0.6 is 0 Å². The van der Waals surface area contributed by atoms with Crippen molar-refractivity contribution in [3.63, 3.8) is 0 Å². The summed E-state index contributed by atoms with van der Waals surface area (Å²) in [6.45, 7) is 0. The molecule has 0 atom stereocenters. The van der Waals surface area contributed by atoms with Gasteiger partial charge in [0.05, 0.1) is 11.4 Å². The van der Waals surface area contributed by atoms with Crippen LogP contribution in [-0.2, 0) is 19.5 Å². The third-order valence-electron chi connectivity index (χ3n) is 4.47. The Hall–Kier alpha value is -4.29. The zero-order valence-electron chi connectivity index (χ0n) is 18.6. The molecule has 35 heavy (non-hydrogen) atoms. The molecule has 6 heterocycles. The summed E-state index contributed by atoms with van der Waals surface area (Å²) in [5.41, 5.74) is 5.38. The summed E-state index contributed by atoms with van der Waals surface area (Å²) < 4.78 is 0. The molecule has 0 aromatic carbocycles. The van der Waals surface area contributed by atoms with Crippen LogP contribution in [0.5, 0.6) is 0 Å². The smallest absolute Gasteiger partial charge is 0.662 e. The van der Waals surface area contributed by atoms with E-state index in [4.69, 9.17) is 0 Å². The summed E-state index contributed by atoms with van der Waals surface area (Å²) in [5, 5.41) is 7.58. The maximum absolute atomic E-state index is 4.19. The maximum Gasteiger partial charge on any atom is 2.00 e. The first-order chi connectivity index (χ1) is 16.9. The Morgan fingerprint density at radius 1 is 0.429 bits per heavy atom. The fraction of sp³-hybridized carbons (Fsp3) is 0. The summed E-state index contributed by atoms with van der Waals surface area (Å²) in [7, 11) is 0. The van der Waals surface area contributed by atoms with Crippen LogP contribution in [0.25, 0.3) is 34.2 Å². The normalized spacial score (nSPS) is 9.49. The van der Waals surface area contributed by atoms with Crippen molar-refractivity contribution in [1.82, 2.24) is 35.1 Å². The number of aromatic nitrogens is 7. The molecule has 0 saturated heterocycles. The molecule has 0 aliphatic rings. The van der Waals surface area contributed by atoms with E-state index in [1.807, 2.05) is 91.0 Å². The van der Waals surface area contributed by atoms with Crippen LogP contribution in [0.1, 0.15) is 0 Å². The molecule has 6 aromatic heterocycles. The van der Waals surface area contributed by atoms with Crippen molar-refractivity contribution in [3.05, 3.63) is 128 Å². The monoisotopic (exact) mass is 545 g/mol. The summed E-state index contributed by atoms with van der Waals surface area (Å²) in [4.78, 5) is 20.8. The quantitative estimate of drug-likeness (QED) is 0.291. The fourth-order valence-corrected chi connectivity index (χ4v) is 2.88. The predicted molar refractivity (Wildman–Crippen MR) is 131 cm³/mol. The Bertz CT molecular complexity index is 1210. The van der Waals surface area contributed by atoms with Gasteiger partial charge in [0.2, 0.25) is 0 Å². The summed E-state index contributed by atoms with van der Waals surface area (Å²) >= 11 is 0. The molecule has 0 amide bonds. The summed E-state index contributed by atoms with van der Waals surface area (Å²) in [6, 6.07) is 28.8. The molecule has 8 heteroatoms. The van der Waals surface area contributed by atoms with E-state index in [0.717, 1.165) is 34.2 Å². The minimum Gasteiger partial charge on any atom is -0.662 e. The number of nitrogens with zero attached hydrogens (tertiary/aromatic N) is 7. The molecule has 172 valence electrons. The van der Waals surface area contributed by atoms with Gasteiger partial charge in [-0.3, -0.25) is 19.9 Å². The van der Waals surface area contributed by atoms with E-state index in [1.165, 1.54) is 0 Å². The van der Waals surface area contributed by atoms with Crippen LogP contribution in [-0.4, -0.2) is 25.0 Å². The van der Waals surface area contributed by atoms with Gasteiger partial charge in [-0.2, -0.15) is 6.20 Å². The largest absolute Gasteiger partial charge is 2.00 e. The predicted octanol–water partition coefficient (Wildman–Crippen LogP) is 4.95. The molecule has 0 fully saturated rings. The first kappa shape index (κ1) is 25.3. The summed E-state index contributed by atoms with van der Waals surface area (Å²) in [5.74, 6) is 0. The molecule has 7 nitrogen and oxygen atoms in total. The molecule has 0 radical (unpaired) electrons. The Balaban J connectivity index is 0.000000145. The number of hydrogen-bond acceptors (Lipinski definition) is 5. The molecule has 0 bridgehead atoms. The molecule has 0 N–H and O–H groups in total. The van der Waals surface area contributed by atoms with Gasteiger partial charge >= 0.3 is 19.5 Å². The Morgan fingerprint density at radius 3 is 1.29 bits per heavy atom. The van der Waals surface area contributed by atoms with Crippen LogP contribution in [0.4, 0.5) is 0 Å². The topological polar surface area (TPSA) is 92.6 Å². The van der Waals surface area contributed by atoms with Crippen molar-refractivity contribution in [3.8, 4) is 34.2 Å². The maximum atomic E-state index is 4.19. The number of hydrogen-bond donors (Lipinski definition) is 0. The van der Waals surface area contributed by atoms with Gasteiger partial charge in [-0.05, 0) is 48.5 Å². The van der Waals surface area contributed by atoms with Crippen molar-refractivity contribution >= 4 is 0 Å². The number of pyridine rings is 4. The minimum absolute atomic E-state index is 0. The Labute approximate surface area is 216 Å². The zero-order valence-corrected chi connectivity index (χ0v) is 20.3. The van der Waals surface area contributed by atoms with Crippen LogP contribution < -0.4 is 10.1 Å². The molecule has 0 spiro atoms. The van der Waals surface area contributed by atoms with Gasteiger partial charge in [0, 0.05) is 42.4 Å². The van der Waals surface area contributed by atoms with Crippen molar-refractivity contribution in [1.29, 1.82) is 0 Å². The molecule has 0 saturated carbocycles. The van der Waals surface area contributed by atoms with Gasteiger partial charge in [-0.15, -0.1) is 5.69 Å². The van der Waals surface area contributed by atoms with Crippen LogP contribution in [0, 0.1) is 0 Å². The molecule has 6 aromatic rings. The molecule has 6 rings (SSSR count). The molecule has 0 unspecified atom stereocenters. The average Bonchev–Trinajstić information content (AvgIpc) is 3.67. The second-order valence-corrected chi connectivity index (χ2v) is 6.80. The van der Waals surface area contributed by atoms with Gasteiger partial charge in [0.25, 0.3) is 0 Å². The molecule has 0 aliphatic heterocycles. The van der Waals surface area contributed by atoms with E-state index in [2.05, 4.69) is 35.1 Å². The van der Waals surface area contributed by atoms with E-state index in [0.29, 0.717) is 0 Å². The van der Waals surface area contributed by atoms with Gasteiger partial charge in [0.1, 0.15) is 0 Å². The van der Waals surface area contributed by atoms with Crippen molar-refractivity contribution in [2.75, 3.05) is 0 Å². The average molecular weight is 545 g/mol. The zero-order chi connectivity index (χ0) is 23.3. The van der Waals surface area contributed by atoms with Crippen LogP contribution in [0.2, 0.25) is 0 Å². The van der Waals surface area contributed by atoms with Crippen molar-refractivity contribution < 1.29 is 19.5 Å². The van der Waals surface area contributed by atoms with Gasteiger partial charge in [0.15, 0.2) is 0 Å². The fourth-order valence-electron chi connectivity index (χ4n) is 2.88. The van der Waals surface area contributed by atoms with Crippen molar-refractivity contribution in [2.24, 2.45) is 0 Å². The van der Waals surface area contributed by atoms with Gasteiger partial charge in [-0.1, -0.05) is 48.2 Å². The SMILES string of the molecule is [Ru+2].c1ccc(-c2ccc[n-]2)nc1.c1ccc(-c2ccccn2)nc1.c1ccc(-c2ccn[n-]2)nc1. The van der Waals surface area contributed by atoms with E-state index < -0.39 is 0 Å².